The summed E-state index contributed by atoms with van der Waals surface area (Å²) >= 11 is 3.99. The Morgan fingerprint density at radius 2 is 2.54 bits per heavy atom. The normalized spacial score (nSPS) is 12.2. The SMILES string of the molecule is CC(S)C(=O)NCc1cccnn1. The first-order valence-corrected chi connectivity index (χ1v) is 4.44. The quantitative estimate of drug-likeness (QED) is 0.690. The molecule has 0 saturated carbocycles. The summed E-state index contributed by atoms with van der Waals surface area (Å²) in [5, 5.41) is 9.89. The Morgan fingerprint density at radius 1 is 1.77 bits per heavy atom. The molecule has 0 aliphatic heterocycles. The van der Waals surface area contributed by atoms with Crippen LogP contribution in [0.25, 0.3) is 0 Å². The van der Waals surface area contributed by atoms with E-state index in [0.717, 1.165) is 5.69 Å². The Labute approximate surface area is 82.2 Å². The van der Waals surface area contributed by atoms with E-state index >= 15 is 0 Å². The van der Waals surface area contributed by atoms with Gasteiger partial charge >= 0.3 is 0 Å². The van der Waals surface area contributed by atoms with Gasteiger partial charge in [0, 0.05) is 6.20 Å². The molecule has 0 saturated heterocycles. The lowest BCUT2D eigenvalue weighted by atomic mass is 10.3. The number of thiol groups is 1. The summed E-state index contributed by atoms with van der Waals surface area (Å²) in [5.74, 6) is -0.103. The molecule has 1 heterocycles. The lowest BCUT2D eigenvalue weighted by molar-refractivity contribution is -0.120. The average molecular weight is 197 g/mol. The number of carbonyl (C=O) groups excluding carboxylic acids is 1. The van der Waals surface area contributed by atoms with Crippen LogP contribution in [0.1, 0.15) is 12.6 Å². The van der Waals surface area contributed by atoms with Crippen molar-refractivity contribution in [3.05, 3.63) is 24.0 Å². The van der Waals surface area contributed by atoms with Crippen molar-refractivity contribution in [2.75, 3.05) is 0 Å². The molecule has 0 radical (unpaired) electrons. The Morgan fingerprint density at radius 3 is 3.08 bits per heavy atom. The molecule has 1 aromatic heterocycles. The van der Waals surface area contributed by atoms with Crippen molar-refractivity contribution in [2.24, 2.45) is 0 Å². The second kappa shape index (κ2) is 4.81. The number of nitrogens with zero attached hydrogens (tertiary/aromatic N) is 2. The van der Waals surface area contributed by atoms with Crippen molar-refractivity contribution >= 4 is 18.5 Å². The van der Waals surface area contributed by atoms with Gasteiger partial charge in [0.2, 0.25) is 5.91 Å². The maximum absolute atomic E-state index is 11.1. The van der Waals surface area contributed by atoms with Crippen molar-refractivity contribution in [3.8, 4) is 0 Å². The number of nitrogens with one attached hydrogen (secondary N) is 1. The van der Waals surface area contributed by atoms with E-state index in [9.17, 15) is 4.79 Å². The molecule has 4 nitrogen and oxygen atoms in total. The second-order valence-electron chi connectivity index (χ2n) is 2.61. The highest BCUT2D eigenvalue weighted by molar-refractivity contribution is 7.81. The number of carbonyl (C=O) groups is 1. The predicted octanol–water partition coefficient (Wildman–Crippen LogP) is 0.411. The summed E-state index contributed by atoms with van der Waals surface area (Å²) in [4.78, 5) is 11.1. The average Bonchev–Trinajstić information content (AvgIpc) is 2.15. The maximum atomic E-state index is 11.1. The molecule has 1 atom stereocenters. The number of aromatic nitrogens is 2. The molecule has 13 heavy (non-hydrogen) atoms. The zero-order valence-corrected chi connectivity index (χ0v) is 8.16. The van der Waals surface area contributed by atoms with E-state index in [0.29, 0.717) is 6.54 Å². The fourth-order valence-corrected chi connectivity index (χ4v) is 0.844. The second-order valence-corrected chi connectivity index (χ2v) is 3.38. The molecule has 0 spiro atoms. The Bertz CT molecular complexity index is 276. The van der Waals surface area contributed by atoms with Gasteiger partial charge in [0.15, 0.2) is 0 Å². The molecule has 1 amide bonds. The molecule has 0 fully saturated rings. The van der Waals surface area contributed by atoms with Gasteiger partial charge in [-0.3, -0.25) is 4.79 Å². The van der Waals surface area contributed by atoms with Crippen LogP contribution >= 0.6 is 12.6 Å². The standard InChI is InChI=1S/C8H11N3OS/c1-6(13)8(12)9-5-7-3-2-4-10-11-7/h2-4,6,13H,5H2,1H3,(H,9,12). The highest BCUT2D eigenvalue weighted by Gasteiger charge is 2.06. The third-order valence-corrected chi connectivity index (χ3v) is 1.69. The molecule has 0 aliphatic rings. The van der Waals surface area contributed by atoms with Crippen LogP contribution in [0.3, 0.4) is 0 Å². The van der Waals surface area contributed by atoms with Gasteiger partial charge < -0.3 is 5.32 Å². The summed E-state index contributed by atoms with van der Waals surface area (Å²) in [6.45, 7) is 2.12. The zero-order chi connectivity index (χ0) is 9.68. The molecule has 5 heteroatoms. The minimum atomic E-state index is -0.295. The van der Waals surface area contributed by atoms with Gasteiger partial charge in [-0.15, -0.1) is 0 Å². The molecule has 1 unspecified atom stereocenters. The number of hydrogen-bond acceptors (Lipinski definition) is 4. The smallest absolute Gasteiger partial charge is 0.232 e. The first-order chi connectivity index (χ1) is 6.20. The minimum Gasteiger partial charge on any atom is -0.349 e. The van der Waals surface area contributed by atoms with E-state index in [4.69, 9.17) is 0 Å². The van der Waals surface area contributed by atoms with Crippen LogP contribution < -0.4 is 5.32 Å². The van der Waals surface area contributed by atoms with Gasteiger partial charge in [0.1, 0.15) is 0 Å². The summed E-state index contributed by atoms with van der Waals surface area (Å²) in [6, 6.07) is 3.58. The molecule has 0 aromatic carbocycles. The molecular weight excluding hydrogens is 186 g/mol. The van der Waals surface area contributed by atoms with Crippen molar-refractivity contribution in [3.63, 3.8) is 0 Å². The van der Waals surface area contributed by atoms with Crippen LogP contribution in [-0.2, 0) is 11.3 Å². The molecule has 0 bridgehead atoms. The van der Waals surface area contributed by atoms with Gasteiger partial charge in [0.25, 0.3) is 0 Å². The Balaban J connectivity index is 2.40. The van der Waals surface area contributed by atoms with Gasteiger partial charge in [-0.05, 0) is 19.1 Å². The van der Waals surface area contributed by atoms with Gasteiger partial charge in [0.05, 0.1) is 17.5 Å². The molecule has 1 aromatic rings. The van der Waals surface area contributed by atoms with Crippen LogP contribution in [0.4, 0.5) is 0 Å². The largest absolute Gasteiger partial charge is 0.349 e. The van der Waals surface area contributed by atoms with Crippen LogP contribution in [0.5, 0.6) is 0 Å². The highest BCUT2D eigenvalue weighted by Crippen LogP contribution is 1.94. The Hall–Kier alpha value is -1.10. The van der Waals surface area contributed by atoms with Crippen molar-refractivity contribution in [2.45, 2.75) is 18.7 Å². The summed E-state index contributed by atoms with van der Waals surface area (Å²) in [7, 11) is 0. The molecular formula is C8H11N3OS. The van der Waals surface area contributed by atoms with E-state index in [1.165, 1.54) is 0 Å². The third-order valence-electron chi connectivity index (χ3n) is 1.45. The lowest BCUT2D eigenvalue weighted by Gasteiger charge is -2.05. The van der Waals surface area contributed by atoms with E-state index in [1.807, 2.05) is 0 Å². The van der Waals surface area contributed by atoms with E-state index in [-0.39, 0.29) is 11.2 Å². The fourth-order valence-electron chi connectivity index (χ4n) is 0.753. The van der Waals surface area contributed by atoms with Gasteiger partial charge in [-0.2, -0.15) is 22.8 Å². The number of amides is 1. The van der Waals surface area contributed by atoms with Crippen LogP contribution in [0.15, 0.2) is 18.3 Å². The predicted molar refractivity (Wildman–Crippen MR) is 52.3 cm³/mol. The van der Waals surface area contributed by atoms with E-state index < -0.39 is 0 Å². The molecule has 70 valence electrons. The summed E-state index contributed by atoms with van der Waals surface area (Å²) < 4.78 is 0. The lowest BCUT2D eigenvalue weighted by Crippen LogP contribution is -2.29. The van der Waals surface area contributed by atoms with E-state index in [2.05, 4.69) is 28.1 Å². The Kier molecular flexibility index (Phi) is 3.70. The zero-order valence-electron chi connectivity index (χ0n) is 7.27. The number of hydrogen-bond donors (Lipinski definition) is 2. The van der Waals surface area contributed by atoms with Crippen LogP contribution in [0, 0.1) is 0 Å². The van der Waals surface area contributed by atoms with Crippen LogP contribution in [-0.4, -0.2) is 21.4 Å². The van der Waals surface area contributed by atoms with Crippen molar-refractivity contribution in [1.82, 2.24) is 15.5 Å². The first kappa shape index (κ1) is 9.98. The van der Waals surface area contributed by atoms with Gasteiger partial charge in [-0.25, -0.2) is 0 Å². The molecule has 1 N–H and O–H groups in total. The first-order valence-electron chi connectivity index (χ1n) is 3.92. The monoisotopic (exact) mass is 197 g/mol. The highest BCUT2D eigenvalue weighted by atomic mass is 32.1. The topological polar surface area (TPSA) is 54.9 Å². The molecule has 1 rings (SSSR count). The van der Waals surface area contributed by atoms with Crippen molar-refractivity contribution in [1.29, 1.82) is 0 Å². The summed E-state index contributed by atoms with van der Waals surface area (Å²) in [6.07, 6.45) is 1.59. The maximum Gasteiger partial charge on any atom is 0.232 e. The fraction of sp³-hybridized carbons (Fsp3) is 0.375. The third kappa shape index (κ3) is 3.42. The molecule has 0 aliphatic carbocycles. The van der Waals surface area contributed by atoms with Gasteiger partial charge in [-0.1, -0.05) is 0 Å². The number of rotatable bonds is 3. The minimum absolute atomic E-state index is 0.103. The van der Waals surface area contributed by atoms with Crippen molar-refractivity contribution < 1.29 is 4.79 Å². The van der Waals surface area contributed by atoms with E-state index in [1.54, 1.807) is 25.3 Å². The summed E-state index contributed by atoms with van der Waals surface area (Å²) in [5.41, 5.74) is 0.741. The van der Waals surface area contributed by atoms with Crippen LogP contribution in [0.2, 0.25) is 0 Å².